The molecule has 0 aliphatic carbocycles. The first-order chi connectivity index (χ1) is 20.1. The Morgan fingerprint density at radius 1 is 1.10 bits per heavy atom. The van der Waals surface area contributed by atoms with Crippen LogP contribution in [0.15, 0.2) is 64.0 Å². The summed E-state index contributed by atoms with van der Waals surface area (Å²) in [7, 11) is 0. The van der Waals surface area contributed by atoms with Gasteiger partial charge in [0.2, 0.25) is 5.95 Å². The number of halogens is 5. The SMILES string of the molecule is Nc1noc2cc(-c3[nH]c([C@@H]4CCc5cc(-c6cc(Cl)ccc6-n6cc(C(F)(F)F)nn6)cc(=O)n54)nc3F)ccc12. The first kappa shape index (κ1) is 26.0. The zero-order chi connectivity index (χ0) is 29.3. The maximum atomic E-state index is 15.0. The van der Waals surface area contributed by atoms with E-state index in [1.165, 1.54) is 28.8 Å². The van der Waals surface area contributed by atoms with Gasteiger partial charge in [0.25, 0.3) is 5.56 Å². The number of aryl methyl sites for hydroxylation is 1. The molecule has 0 saturated carbocycles. The second-order valence-electron chi connectivity index (χ2n) is 9.77. The molecule has 0 amide bonds. The zero-order valence-corrected chi connectivity index (χ0v) is 21.9. The van der Waals surface area contributed by atoms with Crippen LogP contribution in [0.25, 0.3) is 39.0 Å². The van der Waals surface area contributed by atoms with E-state index >= 15 is 4.39 Å². The number of H-pyrrole nitrogens is 1. The maximum absolute atomic E-state index is 15.0. The molecule has 4 aromatic heterocycles. The van der Waals surface area contributed by atoms with E-state index < -0.39 is 29.4 Å². The highest BCUT2D eigenvalue weighted by Crippen LogP contribution is 2.36. The number of pyridine rings is 1. The Labute approximate surface area is 237 Å². The lowest BCUT2D eigenvalue weighted by molar-refractivity contribution is -0.141. The highest BCUT2D eigenvalue weighted by molar-refractivity contribution is 6.31. The molecule has 10 nitrogen and oxygen atoms in total. The highest BCUT2D eigenvalue weighted by atomic mass is 35.5. The molecule has 42 heavy (non-hydrogen) atoms. The van der Waals surface area contributed by atoms with Crippen LogP contribution in [0.1, 0.15) is 29.7 Å². The summed E-state index contributed by atoms with van der Waals surface area (Å²) < 4.78 is 62.2. The Bertz CT molecular complexity index is 2080. The third kappa shape index (κ3) is 4.22. The number of hydrogen-bond donors (Lipinski definition) is 2. The molecule has 1 aliphatic heterocycles. The van der Waals surface area contributed by atoms with Gasteiger partial charge in [-0.2, -0.15) is 17.6 Å². The Kier molecular flexibility index (Phi) is 5.73. The lowest BCUT2D eigenvalue weighted by Crippen LogP contribution is -2.24. The molecule has 0 fully saturated rings. The molecule has 1 atom stereocenters. The number of nitrogens with zero attached hydrogens (tertiary/aromatic N) is 6. The molecular formula is C27H17ClF4N8O2. The Morgan fingerprint density at radius 2 is 1.93 bits per heavy atom. The van der Waals surface area contributed by atoms with Gasteiger partial charge in [0.15, 0.2) is 17.1 Å². The van der Waals surface area contributed by atoms with E-state index in [1.54, 1.807) is 24.3 Å². The average molecular weight is 597 g/mol. The van der Waals surface area contributed by atoms with Gasteiger partial charge < -0.3 is 19.8 Å². The Morgan fingerprint density at radius 3 is 2.71 bits per heavy atom. The maximum Gasteiger partial charge on any atom is 0.436 e. The number of hydrogen-bond acceptors (Lipinski definition) is 7. The van der Waals surface area contributed by atoms with Crippen molar-refractivity contribution in [2.45, 2.75) is 25.1 Å². The van der Waals surface area contributed by atoms with E-state index in [2.05, 4.69) is 25.4 Å². The molecule has 1 aliphatic rings. The third-order valence-electron chi connectivity index (χ3n) is 7.22. The van der Waals surface area contributed by atoms with E-state index in [1.807, 2.05) is 0 Å². The predicted octanol–water partition coefficient (Wildman–Crippen LogP) is 5.56. The third-order valence-corrected chi connectivity index (χ3v) is 7.45. The quantitative estimate of drug-likeness (QED) is 0.255. The van der Waals surface area contributed by atoms with Gasteiger partial charge in [-0.25, -0.2) is 9.67 Å². The summed E-state index contributed by atoms with van der Waals surface area (Å²) in [6.45, 7) is 0. The minimum absolute atomic E-state index is 0.120. The highest BCUT2D eigenvalue weighted by Gasteiger charge is 2.35. The largest absolute Gasteiger partial charge is 0.436 e. The van der Waals surface area contributed by atoms with Crippen LogP contribution < -0.4 is 11.3 Å². The normalized spacial score (nSPS) is 15.0. The zero-order valence-electron chi connectivity index (χ0n) is 21.2. The van der Waals surface area contributed by atoms with E-state index in [-0.39, 0.29) is 23.0 Å². The molecule has 0 radical (unpaired) electrons. The molecule has 212 valence electrons. The number of anilines is 1. The average Bonchev–Trinajstić information content (AvgIpc) is 3.74. The minimum atomic E-state index is -4.67. The number of aromatic amines is 1. The van der Waals surface area contributed by atoms with Crippen molar-refractivity contribution in [2.75, 3.05) is 5.73 Å². The van der Waals surface area contributed by atoms with Crippen molar-refractivity contribution in [3.8, 4) is 28.1 Å². The summed E-state index contributed by atoms with van der Waals surface area (Å²) in [6, 6.07) is 12.0. The van der Waals surface area contributed by atoms with Crippen molar-refractivity contribution in [1.82, 2.24) is 34.7 Å². The van der Waals surface area contributed by atoms with Crippen LogP contribution in [-0.2, 0) is 12.6 Å². The first-order valence-electron chi connectivity index (χ1n) is 12.5. The fourth-order valence-corrected chi connectivity index (χ4v) is 5.46. The summed E-state index contributed by atoms with van der Waals surface area (Å²) in [4.78, 5) is 20.5. The summed E-state index contributed by atoms with van der Waals surface area (Å²) in [5, 5.41) is 11.5. The van der Waals surface area contributed by atoms with Crippen molar-refractivity contribution in [2.24, 2.45) is 0 Å². The van der Waals surface area contributed by atoms with Crippen LogP contribution >= 0.6 is 11.6 Å². The molecule has 15 heteroatoms. The van der Waals surface area contributed by atoms with Crippen LogP contribution in [-0.4, -0.2) is 34.7 Å². The number of fused-ring (bicyclic) bond motifs is 2. The predicted molar refractivity (Wildman–Crippen MR) is 143 cm³/mol. The second kappa shape index (κ2) is 9.27. The van der Waals surface area contributed by atoms with E-state index in [0.29, 0.717) is 51.2 Å². The van der Waals surface area contributed by atoms with Crippen molar-refractivity contribution >= 4 is 28.4 Å². The number of nitrogen functional groups attached to an aromatic ring is 1. The molecule has 0 saturated heterocycles. The molecule has 0 spiro atoms. The molecular weight excluding hydrogens is 580 g/mol. The van der Waals surface area contributed by atoms with Gasteiger partial charge in [-0.3, -0.25) is 4.79 Å². The summed E-state index contributed by atoms with van der Waals surface area (Å²) in [5.74, 6) is -0.260. The van der Waals surface area contributed by atoms with E-state index in [9.17, 15) is 18.0 Å². The van der Waals surface area contributed by atoms with Crippen LogP contribution in [0.2, 0.25) is 5.02 Å². The number of imidazole rings is 1. The topological polar surface area (TPSA) is 133 Å². The second-order valence-corrected chi connectivity index (χ2v) is 10.2. The number of aromatic nitrogens is 7. The molecule has 5 heterocycles. The smallest absolute Gasteiger partial charge is 0.380 e. The standard InChI is InChI=1S/C27H17ClF4N8O2/c28-14-2-5-18(39-11-21(36-38-39)27(30,31)32)17(10-14)13-7-15-3-6-19(40(15)22(41)9-13)26-34-23(24(29)35-26)12-1-4-16-20(8-12)42-37-25(16)33/h1-2,4-5,7-11,19H,3,6H2,(H2,33,37)(H,34,35)/t19-/m0/s1. The van der Waals surface area contributed by atoms with Crippen molar-refractivity contribution in [1.29, 1.82) is 0 Å². The van der Waals surface area contributed by atoms with Gasteiger partial charge in [-0.15, -0.1) is 5.10 Å². The molecule has 6 aromatic rings. The fraction of sp³-hybridized carbons (Fsp3) is 0.148. The van der Waals surface area contributed by atoms with Crippen LogP contribution in [0.5, 0.6) is 0 Å². The number of rotatable bonds is 4. The van der Waals surface area contributed by atoms with E-state index in [0.717, 1.165) is 10.9 Å². The van der Waals surface area contributed by atoms with Crippen LogP contribution in [0.3, 0.4) is 0 Å². The number of nitrogens with two attached hydrogens (primary N) is 1. The number of alkyl halides is 3. The van der Waals surface area contributed by atoms with Gasteiger partial charge in [0.05, 0.1) is 23.3 Å². The van der Waals surface area contributed by atoms with Crippen molar-refractivity contribution in [3.63, 3.8) is 0 Å². The monoisotopic (exact) mass is 596 g/mol. The summed E-state index contributed by atoms with van der Waals surface area (Å²) in [6.07, 6.45) is -2.98. The summed E-state index contributed by atoms with van der Waals surface area (Å²) in [5.41, 5.74) is 6.89. The van der Waals surface area contributed by atoms with Crippen molar-refractivity contribution in [3.05, 3.63) is 93.3 Å². The lowest BCUT2D eigenvalue weighted by atomic mass is 10.0. The Balaban J connectivity index is 1.26. The van der Waals surface area contributed by atoms with Crippen LogP contribution in [0, 0.1) is 5.95 Å². The van der Waals surface area contributed by atoms with Crippen molar-refractivity contribution < 1.29 is 22.1 Å². The summed E-state index contributed by atoms with van der Waals surface area (Å²) >= 11 is 6.22. The van der Waals surface area contributed by atoms with Crippen LogP contribution in [0.4, 0.5) is 23.4 Å². The molecule has 0 unspecified atom stereocenters. The van der Waals surface area contributed by atoms with Gasteiger partial charge >= 0.3 is 6.18 Å². The van der Waals surface area contributed by atoms with Gasteiger partial charge in [0, 0.05) is 27.9 Å². The molecule has 7 rings (SSSR count). The number of benzene rings is 2. The molecule has 3 N–H and O–H groups in total. The molecule has 2 aromatic carbocycles. The molecule has 0 bridgehead atoms. The minimum Gasteiger partial charge on any atom is -0.380 e. The van der Waals surface area contributed by atoms with Gasteiger partial charge in [-0.1, -0.05) is 28.0 Å². The Hall–Kier alpha value is -4.98. The first-order valence-corrected chi connectivity index (χ1v) is 12.9. The fourth-order valence-electron chi connectivity index (χ4n) is 5.29. The number of nitrogens with one attached hydrogen (secondary N) is 1. The van der Waals surface area contributed by atoms with E-state index in [4.69, 9.17) is 21.9 Å². The van der Waals surface area contributed by atoms with Gasteiger partial charge in [0.1, 0.15) is 11.5 Å². The van der Waals surface area contributed by atoms with Gasteiger partial charge in [-0.05, 0) is 54.8 Å². The lowest BCUT2D eigenvalue weighted by Gasteiger charge is -2.15.